The van der Waals surface area contributed by atoms with E-state index in [9.17, 15) is 19.7 Å². The number of methoxy groups -OCH3 is 1. The van der Waals surface area contributed by atoms with Crippen molar-refractivity contribution in [3.8, 4) is 17.1 Å². The smallest absolute Gasteiger partial charge is 0.291 e. The van der Waals surface area contributed by atoms with Crippen molar-refractivity contribution in [3.63, 3.8) is 0 Å². The molecule has 3 aromatic rings. The Morgan fingerprint density at radius 1 is 1.09 bits per heavy atom. The average molecular weight is 437 g/mol. The normalized spacial score (nSPS) is 10.4. The van der Waals surface area contributed by atoms with Crippen LogP contribution in [-0.2, 0) is 4.79 Å². The second kappa shape index (κ2) is 10.3. The number of rotatable bonds is 9. The molecule has 32 heavy (non-hydrogen) atoms. The fourth-order valence-electron chi connectivity index (χ4n) is 3.00. The predicted molar refractivity (Wildman–Crippen MR) is 120 cm³/mol. The topological polar surface area (TPSA) is 124 Å². The van der Waals surface area contributed by atoms with Crippen molar-refractivity contribution in [3.05, 3.63) is 70.5 Å². The van der Waals surface area contributed by atoms with Crippen molar-refractivity contribution in [1.29, 1.82) is 0 Å². The van der Waals surface area contributed by atoms with Crippen molar-refractivity contribution in [2.75, 3.05) is 17.7 Å². The number of unbranched alkanes of at least 4 members (excludes halogenated alkanes) is 1. The molecule has 1 aromatic heterocycles. The Kier molecular flexibility index (Phi) is 7.22. The van der Waals surface area contributed by atoms with Gasteiger partial charge in [0.25, 0.3) is 11.6 Å². The highest BCUT2D eigenvalue weighted by Crippen LogP contribution is 2.29. The summed E-state index contributed by atoms with van der Waals surface area (Å²) in [5, 5.41) is 16.5. The van der Waals surface area contributed by atoms with Crippen molar-refractivity contribution < 1.29 is 23.7 Å². The van der Waals surface area contributed by atoms with Crippen LogP contribution in [0.5, 0.6) is 5.75 Å². The molecule has 0 fully saturated rings. The first-order valence-corrected chi connectivity index (χ1v) is 10.0. The largest absolute Gasteiger partial charge is 0.494 e. The molecular formula is C23H23N3O6. The number of nitrogens with one attached hydrogen (secondary N) is 2. The second-order valence-electron chi connectivity index (χ2n) is 6.99. The van der Waals surface area contributed by atoms with Crippen LogP contribution in [-0.4, -0.2) is 23.8 Å². The molecule has 2 N–H and O–H groups in total. The molecular weight excluding hydrogens is 414 g/mol. The number of non-ortho nitro benzene ring substituents is 1. The van der Waals surface area contributed by atoms with Crippen molar-refractivity contribution in [2.45, 2.75) is 26.2 Å². The summed E-state index contributed by atoms with van der Waals surface area (Å²) in [6.07, 6.45) is 2.14. The molecule has 0 radical (unpaired) electrons. The fraction of sp³-hybridized carbons (Fsp3) is 0.217. The minimum absolute atomic E-state index is 0.0439. The number of amides is 2. The van der Waals surface area contributed by atoms with E-state index in [0.29, 0.717) is 34.9 Å². The summed E-state index contributed by atoms with van der Waals surface area (Å²) in [4.78, 5) is 35.0. The van der Waals surface area contributed by atoms with E-state index in [1.165, 1.54) is 25.3 Å². The third kappa shape index (κ3) is 5.51. The molecule has 2 amide bonds. The van der Waals surface area contributed by atoms with Crippen LogP contribution in [0.25, 0.3) is 11.3 Å². The predicted octanol–water partition coefficient (Wildman–Crippen LogP) is 5.24. The highest BCUT2D eigenvalue weighted by Gasteiger charge is 2.16. The number of hydrogen-bond donors (Lipinski definition) is 2. The molecule has 0 aliphatic rings. The van der Waals surface area contributed by atoms with E-state index in [0.717, 1.165) is 12.8 Å². The van der Waals surface area contributed by atoms with Crippen LogP contribution >= 0.6 is 0 Å². The van der Waals surface area contributed by atoms with E-state index in [-0.39, 0.29) is 17.4 Å². The highest BCUT2D eigenvalue weighted by atomic mass is 16.6. The summed E-state index contributed by atoms with van der Waals surface area (Å²) in [5.74, 6) is 0.183. The van der Waals surface area contributed by atoms with Gasteiger partial charge in [-0.2, -0.15) is 0 Å². The lowest BCUT2D eigenvalue weighted by atomic mass is 10.1. The molecule has 0 unspecified atom stereocenters. The summed E-state index contributed by atoms with van der Waals surface area (Å²) in [6.45, 7) is 2.01. The molecule has 9 nitrogen and oxygen atoms in total. The number of benzene rings is 2. The minimum Gasteiger partial charge on any atom is -0.494 e. The van der Waals surface area contributed by atoms with Gasteiger partial charge in [-0.3, -0.25) is 19.7 Å². The molecule has 166 valence electrons. The van der Waals surface area contributed by atoms with Crippen LogP contribution in [0.15, 0.2) is 59.0 Å². The summed E-state index contributed by atoms with van der Waals surface area (Å²) in [7, 11) is 1.47. The van der Waals surface area contributed by atoms with Gasteiger partial charge in [0, 0.05) is 35.9 Å². The molecule has 0 bridgehead atoms. The van der Waals surface area contributed by atoms with Crippen LogP contribution in [0.2, 0.25) is 0 Å². The van der Waals surface area contributed by atoms with Crippen molar-refractivity contribution >= 4 is 28.9 Å². The maximum Gasteiger partial charge on any atom is 0.291 e. The van der Waals surface area contributed by atoms with Gasteiger partial charge in [-0.1, -0.05) is 25.5 Å². The Hall–Kier alpha value is -4.14. The fourth-order valence-corrected chi connectivity index (χ4v) is 3.00. The number of nitro groups is 1. The van der Waals surface area contributed by atoms with E-state index < -0.39 is 10.8 Å². The summed E-state index contributed by atoms with van der Waals surface area (Å²) >= 11 is 0. The Morgan fingerprint density at radius 2 is 1.91 bits per heavy atom. The van der Waals surface area contributed by atoms with Gasteiger partial charge in [0.15, 0.2) is 5.76 Å². The first-order chi connectivity index (χ1) is 15.4. The first-order valence-electron chi connectivity index (χ1n) is 10.0. The minimum atomic E-state index is -0.497. The molecule has 3 rings (SSSR count). The van der Waals surface area contributed by atoms with Gasteiger partial charge in [-0.15, -0.1) is 0 Å². The van der Waals surface area contributed by atoms with Crippen LogP contribution in [0.4, 0.5) is 17.1 Å². The van der Waals surface area contributed by atoms with E-state index in [1.54, 1.807) is 36.4 Å². The zero-order valence-electron chi connectivity index (χ0n) is 17.7. The van der Waals surface area contributed by atoms with Gasteiger partial charge in [0.2, 0.25) is 5.91 Å². The number of nitro benzene ring substituents is 1. The number of nitrogens with zero attached hydrogens (tertiary/aromatic N) is 1. The van der Waals surface area contributed by atoms with Gasteiger partial charge in [-0.25, -0.2) is 0 Å². The van der Waals surface area contributed by atoms with Gasteiger partial charge < -0.3 is 19.8 Å². The number of hydrogen-bond acceptors (Lipinski definition) is 6. The number of anilines is 2. The van der Waals surface area contributed by atoms with Gasteiger partial charge in [0.05, 0.1) is 17.7 Å². The molecule has 0 aliphatic carbocycles. The van der Waals surface area contributed by atoms with E-state index in [4.69, 9.17) is 9.15 Å². The molecule has 0 aliphatic heterocycles. The highest BCUT2D eigenvalue weighted by molar-refractivity contribution is 6.03. The number of ether oxygens (including phenoxy) is 1. The Labute approximate surface area is 184 Å². The molecule has 0 saturated heterocycles. The average Bonchev–Trinajstić information content (AvgIpc) is 3.29. The summed E-state index contributed by atoms with van der Waals surface area (Å²) in [5.41, 5.74) is 1.38. The monoisotopic (exact) mass is 437 g/mol. The maximum absolute atomic E-state index is 12.6. The van der Waals surface area contributed by atoms with E-state index in [1.807, 2.05) is 6.92 Å². The lowest BCUT2D eigenvalue weighted by Crippen LogP contribution is -2.13. The lowest BCUT2D eigenvalue weighted by Gasteiger charge is -2.12. The second-order valence-corrected chi connectivity index (χ2v) is 6.99. The lowest BCUT2D eigenvalue weighted by molar-refractivity contribution is -0.384. The van der Waals surface area contributed by atoms with Crippen LogP contribution in [0.1, 0.15) is 36.7 Å². The third-order valence-corrected chi connectivity index (χ3v) is 4.66. The SMILES string of the molecule is CCCCC(=O)Nc1ccc(NC(=O)c2ccc(-c3cccc([N+](=O)[O-])c3)o2)cc1OC. The summed E-state index contributed by atoms with van der Waals surface area (Å²) < 4.78 is 10.9. The van der Waals surface area contributed by atoms with Crippen LogP contribution < -0.4 is 15.4 Å². The zero-order valence-corrected chi connectivity index (χ0v) is 17.7. The van der Waals surface area contributed by atoms with E-state index in [2.05, 4.69) is 10.6 Å². The first kappa shape index (κ1) is 22.5. The summed E-state index contributed by atoms with van der Waals surface area (Å²) in [6, 6.07) is 13.9. The Balaban J connectivity index is 1.71. The molecule has 1 heterocycles. The molecule has 0 saturated carbocycles. The zero-order chi connectivity index (χ0) is 23.1. The molecule has 0 atom stereocenters. The maximum atomic E-state index is 12.6. The van der Waals surface area contributed by atoms with Crippen molar-refractivity contribution in [1.82, 2.24) is 0 Å². The van der Waals surface area contributed by atoms with Crippen molar-refractivity contribution in [2.24, 2.45) is 0 Å². The molecule has 0 spiro atoms. The standard InChI is InChI=1S/C23H23N3O6/c1-3-4-8-22(27)25-18-10-9-16(14-21(18)31-2)24-23(28)20-12-11-19(32-20)15-6-5-7-17(13-15)26(29)30/h5-7,9-14H,3-4,8H2,1-2H3,(H,24,28)(H,25,27). The van der Waals surface area contributed by atoms with Crippen LogP contribution in [0, 0.1) is 10.1 Å². The third-order valence-electron chi connectivity index (χ3n) is 4.66. The Bertz CT molecular complexity index is 1140. The number of furan rings is 1. The molecule has 2 aromatic carbocycles. The number of carbonyl (C=O) groups excluding carboxylic acids is 2. The quantitative estimate of drug-likeness (QED) is 0.348. The molecule has 9 heteroatoms. The van der Waals surface area contributed by atoms with Gasteiger partial charge >= 0.3 is 0 Å². The van der Waals surface area contributed by atoms with Gasteiger partial charge in [-0.05, 0) is 30.7 Å². The Morgan fingerprint density at radius 3 is 2.62 bits per heavy atom. The van der Waals surface area contributed by atoms with Crippen LogP contribution in [0.3, 0.4) is 0 Å². The van der Waals surface area contributed by atoms with Gasteiger partial charge in [0.1, 0.15) is 11.5 Å². The van der Waals surface area contributed by atoms with E-state index >= 15 is 0 Å². The number of carbonyl (C=O) groups is 2.